The zero-order valence-electron chi connectivity index (χ0n) is 11.7. The molecule has 2 heterocycles. The molecule has 2 rings (SSSR count). The van der Waals surface area contributed by atoms with E-state index in [9.17, 15) is 5.11 Å². The molecule has 20 heavy (non-hydrogen) atoms. The lowest BCUT2D eigenvalue weighted by atomic mass is 10.2. The van der Waals surface area contributed by atoms with Crippen molar-refractivity contribution in [3.8, 4) is 5.75 Å². The van der Waals surface area contributed by atoms with Crippen molar-refractivity contribution in [1.82, 2.24) is 14.7 Å². The highest BCUT2D eigenvalue weighted by Gasteiger charge is 2.24. The second-order valence-electron chi connectivity index (χ2n) is 4.67. The molecule has 0 saturated carbocycles. The van der Waals surface area contributed by atoms with Crippen molar-refractivity contribution in [3.63, 3.8) is 0 Å². The third-order valence-corrected chi connectivity index (χ3v) is 3.15. The fraction of sp³-hybridized carbons (Fsp3) is 0.462. The molecule has 110 valence electrons. The second kappa shape index (κ2) is 6.30. The van der Waals surface area contributed by atoms with E-state index in [1.165, 1.54) is 0 Å². The van der Waals surface area contributed by atoms with Crippen molar-refractivity contribution in [2.75, 3.05) is 27.7 Å². The van der Waals surface area contributed by atoms with E-state index in [2.05, 4.69) is 5.10 Å². The Balaban J connectivity index is 2.30. The molecule has 0 saturated heterocycles. The van der Waals surface area contributed by atoms with Crippen molar-refractivity contribution in [1.29, 1.82) is 0 Å². The van der Waals surface area contributed by atoms with Gasteiger partial charge in [0.1, 0.15) is 11.5 Å². The van der Waals surface area contributed by atoms with E-state index in [1.807, 2.05) is 19.0 Å². The van der Waals surface area contributed by atoms with Crippen LogP contribution >= 0.6 is 11.6 Å². The summed E-state index contributed by atoms with van der Waals surface area (Å²) < 4.78 is 12.2. The summed E-state index contributed by atoms with van der Waals surface area (Å²) in [6.07, 6.45) is 0.612. The molecule has 1 N–H and O–H groups in total. The van der Waals surface area contributed by atoms with Gasteiger partial charge in [-0.15, -0.1) is 0 Å². The van der Waals surface area contributed by atoms with E-state index in [-0.39, 0.29) is 5.22 Å². The van der Waals surface area contributed by atoms with Crippen LogP contribution in [0.3, 0.4) is 0 Å². The smallest absolute Gasteiger partial charge is 0.193 e. The molecule has 0 bridgehead atoms. The maximum Gasteiger partial charge on any atom is 0.193 e. The highest BCUT2D eigenvalue weighted by Crippen LogP contribution is 2.31. The van der Waals surface area contributed by atoms with Gasteiger partial charge in [0.05, 0.1) is 19.9 Å². The molecular formula is C13H18ClN3O3. The minimum absolute atomic E-state index is 0.234. The summed E-state index contributed by atoms with van der Waals surface area (Å²) in [5.74, 6) is 0.878. The molecule has 1 atom stereocenters. The molecule has 6 nitrogen and oxygen atoms in total. The van der Waals surface area contributed by atoms with Crippen molar-refractivity contribution in [2.24, 2.45) is 0 Å². The molecule has 0 fully saturated rings. The molecule has 0 radical (unpaired) electrons. The van der Waals surface area contributed by atoms with Gasteiger partial charge in [-0.1, -0.05) is 0 Å². The van der Waals surface area contributed by atoms with Gasteiger partial charge in [0.2, 0.25) is 0 Å². The molecule has 0 aliphatic heterocycles. The summed E-state index contributed by atoms with van der Waals surface area (Å²) in [6, 6.07) is 3.23. The van der Waals surface area contributed by atoms with Crippen LogP contribution < -0.4 is 4.74 Å². The highest BCUT2D eigenvalue weighted by molar-refractivity contribution is 6.28. The van der Waals surface area contributed by atoms with E-state index >= 15 is 0 Å². The largest absolute Gasteiger partial charge is 0.493 e. The normalized spacial score (nSPS) is 12.9. The van der Waals surface area contributed by atoms with Crippen molar-refractivity contribution < 1.29 is 14.3 Å². The third-order valence-electron chi connectivity index (χ3n) is 2.95. The number of rotatable bonds is 6. The quantitative estimate of drug-likeness (QED) is 0.881. The minimum Gasteiger partial charge on any atom is -0.493 e. The van der Waals surface area contributed by atoms with Gasteiger partial charge >= 0.3 is 0 Å². The molecular weight excluding hydrogens is 282 g/mol. The number of aliphatic hydroxyl groups excluding tert-OH is 1. The Bertz CT molecular complexity index is 565. The maximum absolute atomic E-state index is 10.4. The number of hydrogen-bond donors (Lipinski definition) is 1. The standard InChI is InChI=1S/C13H18ClN3O3/c1-16(2)6-7-17-12(10(19-3)8-15-17)13(18)9-4-5-11(14)20-9/h4-5,8,13,18H,6-7H2,1-3H3. The predicted molar refractivity (Wildman–Crippen MR) is 75.1 cm³/mol. The number of halogens is 1. The van der Waals surface area contributed by atoms with Gasteiger partial charge in [-0.3, -0.25) is 4.68 Å². The lowest BCUT2D eigenvalue weighted by Crippen LogP contribution is -2.21. The summed E-state index contributed by atoms with van der Waals surface area (Å²) in [7, 11) is 5.49. The molecule has 2 aromatic rings. The van der Waals surface area contributed by atoms with Gasteiger partial charge in [0.25, 0.3) is 0 Å². The molecule has 0 aromatic carbocycles. The number of furan rings is 1. The van der Waals surface area contributed by atoms with Gasteiger partial charge in [-0.2, -0.15) is 5.10 Å². The van der Waals surface area contributed by atoms with Crippen LogP contribution in [0.25, 0.3) is 0 Å². The van der Waals surface area contributed by atoms with E-state index in [0.717, 1.165) is 6.54 Å². The first-order valence-electron chi connectivity index (χ1n) is 6.20. The lowest BCUT2D eigenvalue weighted by Gasteiger charge is -2.15. The molecule has 0 aliphatic carbocycles. The summed E-state index contributed by atoms with van der Waals surface area (Å²) in [4.78, 5) is 2.04. The van der Waals surface area contributed by atoms with Crippen LogP contribution in [0.1, 0.15) is 17.6 Å². The Kier molecular flexibility index (Phi) is 4.69. The Hall–Kier alpha value is -1.50. The third kappa shape index (κ3) is 3.15. The van der Waals surface area contributed by atoms with E-state index in [0.29, 0.717) is 23.7 Å². The average molecular weight is 300 g/mol. The number of methoxy groups -OCH3 is 1. The second-order valence-corrected chi connectivity index (χ2v) is 5.04. The monoisotopic (exact) mass is 299 g/mol. The first-order valence-corrected chi connectivity index (χ1v) is 6.58. The number of aromatic nitrogens is 2. The first-order chi connectivity index (χ1) is 9.52. The summed E-state index contributed by atoms with van der Waals surface area (Å²) in [6.45, 7) is 1.43. The fourth-order valence-electron chi connectivity index (χ4n) is 1.89. The van der Waals surface area contributed by atoms with E-state index < -0.39 is 6.10 Å². The fourth-order valence-corrected chi connectivity index (χ4v) is 2.05. The highest BCUT2D eigenvalue weighted by atomic mass is 35.5. The molecule has 0 amide bonds. The molecule has 0 aliphatic rings. The van der Waals surface area contributed by atoms with Crippen molar-refractivity contribution in [3.05, 3.63) is 35.0 Å². The topological polar surface area (TPSA) is 63.7 Å². The first kappa shape index (κ1) is 14.9. The Morgan fingerprint density at radius 2 is 2.25 bits per heavy atom. The number of nitrogens with zero attached hydrogens (tertiary/aromatic N) is 3. The Labute approximate surface area is 122 Å². The number of aliphatic hydroxyl groups is 1. The van der Waals surface area contributed by atoms with Crippen LogP contribution in [-0.4, -0.2) is 47.5 Å². The summed E-state index contributed by atoms with van der Waals surface area (Å²) in [5.41, 5.74) is 0.556. The number of hydrogen-bond acceptors (Lipinski definition) is 5. The molecule has 2 aromatic heterocycles. The van der Waals surface area contributed by atoms with Gasteiger partial charge in [-0.25, -0.2) is 0 Å². The van der Waals surface area contributed by atoms with Crippen LogP contribution in [0.5, 0.6) is 5.75 Å². The SMILES string of the molecule is COc1cnn(CCN(C)C)c1C(O)c1ccc(Cl)o1. The zero-order chi connectivity index (χ0) is 14.7. The van der Waals surface area contributed by atoms with Crippen LogP contribution in [0.15, 0.2) is 22.7 Å². The van der Waals surface area contributed by atoms with Crippen LogP contribution in [0.4, 0.5) is 0 Å². The molecule has 1 unspecified atom stereocenters. The molecule has 0 spiro atoms. The lowest BCUT2D eigenvalue weighted by molar-refractivity contribution is 0.173. The van der Waals surface area contributed by atoms with Crippen molar-refractivity contribution >= 4 is 11.6 Å². The van der Waals surface area contributed by atoms with Gasteiger partial charge < -0.3 is 19.2 Å². The number of ether oxygens (including phenoxy) is 1. The average Bonchev–Trinajstić information content (AvgIpc) is 3.01. The minimum atomic E-state index is -0.970. The predicted octanol–water partition coefficient (Wildman–Crippen LogP) is 1.78. The van der Waals surface area contributed by atoms with Gasteiger partial charge in [0, 0.05) is 6.54 Å². The zero-order valence-corrected chi connectivity index (χ0v) is 12.5. The maximum atomic E-state index is 10.4. The summed E-state index contributed by atoms with van der Waals surface area (Å²) >= 11 is 5.74. The number of likely N-dealkylation sites (N-methyl/N-ethyl adjacent to an activating group) is 1. The van der Waals surface area contributed by atoms with Crippen LogP contribution in [0, 0.1) is 0 Å². The van der Waals surface area contributed by atoms with Crippen molar-refractivity contribution in [2.45, 2.75) is 12.6 Å². The van der Waals surface area contributed by atoms with E-state index in [1.54, 1.807) is 30.1 Å². The van der Waals surface area contributed by atoms with Crippen LogP contribution in [0.2, 0.25) is 5.22 Å². The molecule has 7 heteroatoms. The summed E-state index contributed by atoms with van der Waals surface area (Å²) in [5, 5.41) is 14.9. The van der Waals surface area contributed by atoms with Gasteiger partial charge in [0.15, 0.2) is 17.1 Å². The van der Waals surface area contributed by atoms with Gasteiger partial charge in [-0.05, 0) is 37.8 Å². The van der Waals surface area contributed by atoms with Crippen LogP contribution in [-0.2, 0) is 6.54 Å². The Morgan fingerprint density at radius 3 is 2.80 bits per heavy atom. The Morgan fingerprint density at radius 1 is 1.50 bits per heavy atom. The van der Waals surface area contributed by atoms with E-state index in [4.69, 9.17) is 20.8 Å².